The van der Waals surface area contributed by atoms with Crippen molar-refractivity contribution in [1.29, 1.82) is 0 Å². The van der Waals surface area contributed by atoms with E-state index >= 15 is 0 Å². The van der Waals surface area contributed by atoms with E-state index in [0.29, 0.717) is 12.8 Å². The Balaban J connectivity index is 0.00000132. The summed E-state index contributed by atoms with van der Waals surface area (Å²) in [5.41, 5.74) is 1.00. The first-order valence-corrected chi connectivity index (χ1v) is 8.87. The molecule has 1 fully saturated rings. The van der Waals surface area contributed by atoms with Gasteiger partial charge < -0.3 is 10.6 Å². The van der Waals surface area contributed by atoms with Gasteiger partial charge in [-0.15, -0.1) is 36.2 Å². The Morgan fingerprint density at radius 2 is 2.26 bits per heavy atom. The second-order valence-electron chi connectivity index (χ2n) is 5.33. The molecule has 23 heavy (non-hydrogen) atoms. The third-order valence-corrected chi connectivity index (χ3v) is 5.21. The molecule has 3 rings (SSSR count). The van der Waals surface area contributed by atoms with E-state index in [2.05, 4.69) is 37.6 Å². The second-order valence-corrected chi connectivity index (χ2v) is 7.36. The van der Waals surface area contributed by atoms with Crippen molar-refractivity contribution in [3.8, 4) is 0 Å². The third-order valence-electron chi connectivity index (χ3n) is 3.62. The summed E-state index contributed by atoms with van der Waals surface area (Å²) in [6.45, 7) is 1.95. The van der Waals surface area contributed by atoms with E-state index in [1.807, 2.05) is 12.1 Å². The van der Waals surface area contributed by atoms with Crippen molar-refractivity contribution >= 4 is 68.2 Å². The zero-order valence-corrected chi connectivity index (χ0v) is 16.5. The first kappa shape index (κ1) is 20.6. The van der Waals surface area contributed by atoms with Gasteiger partial charge in [0.15, 0.2) is 0 Å². The number of hydrogen-bond donors (Lipinski definition) is 2. The molecule has 0 aliphatic carbocycles. The van der Waals surface area contributed by atoms with Crippen molar-refractivity contribution < 1.29 is 4.79 Å². The molecule has 1 atom stereocenters. The van der Waals surface area contributed by atoms with Crippen molar-refractivity contribution in [3.05, 3.63) is 27.7 Å². The number of aryl methyl sites for hydroxylation is 1. The zero-order chi connectivity index (χ0) is 14.7. The summed E-state index contributed by atoms with van der Waals surface area (Å²) in [4.78, 5) is 16.6. The highest BCUT2D eigenvalue weighted by Crippen LogP contribution is 2.25. The molecule has 1 aliphatic heterocycles. The monoisotopic (exact) mass is 439 g/mol. The Hall–Kier alpha value is -0.400. The Morgan fingerprint density at radius 3 is 3.00 bits per heavy atom. The largest absolute Gasteiger partial charge is 0.352 e. The predicted octanol–water partition coefficient (Wildman–Crippen LogP) is 3.70. The van der Waals surface area contributed by atoms with Crippen LogP contribution in [0.3, 0.4) is 0 Å². The average Bonchev–Trinajstić information content (AvgIpc) is 2.88. The molecule has 128 valence electrons. The van der Waals surface area contributed by atoms with Gasteiger partial charge in [0.05, 0.1) is 15.2 Å². The van der Waals surface area contributed by atoms with E-state index in [-0.39, 0.29) is 36.8 Å². The van der Waals surface area contributed by atoms with E-state index in [0.717, 1.165) is 40.9 Å². The highest BCUT2D eigenvalue weighted by Gasteiger charge is 2.15. The number of thiazole rings is 1. The second kappa shape index (κ2) is 9.79. The van der Waals surface area contributed by atoms with Gasteiger partial charge in [-0.25, -0.2) is 4.98 Å². The molecule has 1 aliphatic rings. The summed E-state index contributed by atoms with van der Waals surface area (Å²) >= 11 is 5.12. The maximum absolute atomic E-state index is 12.0. The lowest BCUT2D eigenvalue weighted by molar-refractivity contribution is -0.121. The van der Waals surface area contributed by atoms with Crippen LogP contribution in [0.4, 0.5) is 0 Å². The number of hydrogen-bond acceptors (Lipinski definition) is 4. The number of nitrogens with one attached hydrogen (secondary N) is 2. The molecular formula is C15H20BrCl2N3OS. The summed E-state index contributed by atoms with van der Waals surface area (Å²) in [7, 11) is 0. The molecule has 0 bridgehead atoms. The smallest absolute Gasteiger partial charge is 0.220 e. The standard InChI is InChI=1S/C15H18BrN3OS.2ClH/c16-10-3-4-13-12(8-10)19-15(21-13)6-5-14(20)18-11-2-1-7-17-9-11;;/h3-4,8,11,17H,1-2,5-7,9H2,(H,18,20);2*1H/t11-;;/m0../s1. The van der Waals surface area contributed by atoms with Gasteiger partial charge in [-0.05, 0) is 37.6 Å². The number of nitrogens with zero attached hydrogens (tertiary/aromatic N) is 1. The fourth-order valence-electron chi connectivity index (χ4n) is 2.55. The number of benzene rings is 1. The highest BCUT2D eigenvalue weighted by molar-refractivity contribution is 9.10. The molecular weight excluding hydrogens is 421 g/mol. The number of halogens is 3. The topological polar surface area (TPSA) is 54.0 Å². The molecule has 2 N–H and O–H groups in total. The van der Waals surface area contributed by atoms with Crippen LogP contribution >= 0.6 is 52.1 Å². The fourth-order valence-corrected chi connectivity index (χ4v) is 3.85. The Labute approximate surface area is 160 Å². The van der Waals surface area contributed by atoms with Crippen molar-refractivity contribution in [1.82, 2.24) is 15.6 Å². The molecule has 2 aromatic rings. The van der Waals surface area contributed by atoms with Gasteiger partial charge in [0.2, 0.25) is 5.91 Å². The van der Waals surface area contributed by atoms with E-state index in [9.17, 15) is 4.79 Å². The number of piperidine rings is 1. The van der Waals surface area contributed by atoms with Crippen LogP contribution in [0.2, 0.25) is 0 Å². The molecule has 8 heteroatoms. The van der Waals surface area contributed by atoms with Gasteiger partial charge in [-0.3, -0.25) is 4.79 Å². The van der Waals surface area contributed by atoms with Crippen LogP contribution in [0.15, 0.2) is 22.7 Å². The molecule has 4 nitrogen and oxygen atoms in total. The number of aromatic nitrogens is 1. The predicted molar refractivity (Wildman–Crippen MR) is 104 cm³/mol. The summed E-state index contributed by atoms with van der Waals surface area (Å²) in [5, 5.41) is 7.44. The molecule has 1 aromatic carbocycles. The highest BCUT2D eigenvalue weighted by atomic mass is 79.9. The minimum absolute atomic E-state index is 0. The average molecular weight is 441 g/mol. The molecule has 2 heterocycles. The summed E-state index contributed by atoms with van der Waals surface area (Å²) < 4.78 is 2.21. The van der Waals surface area contributed by atoms with Crippen molar-refractivity contribution in [2.24, 2.45) is 0 Å². The number of rotatable bonds is 4. The normalized spacial score (nSPS) is 17.2. The van der Waals surface area contributed by atoms with Gasteiger partial charge in [0.1, 0.15) is 0 Å². The fraction of sp³-hybridized carbons (Fsp3) is 0.467. The summed E-state index contributed by atoms with van der Waals surface area (Å²) in [5.74, 6) is 0.129. The van der Waals surface area contributed by atoms with Gasteiger partial charge in [-0.1, -0.05) is 15.9 Å². The van der Waals surface area contributed by atoms with Crippen LogP contribution in [-0.4, -0.2) is 30.0 Å². The summed E-state index contributed by atoms with van der Waals surface area (Å²) in [6.07, 6.45) is 3.44. The molecule has 0 spiro atoms. The Bertz CT molecular complexity index is 647. The number of fused-ring (bicyclic) bond motifs is 1. The lowest BCUT2D eigenvalue weighted by atomic mass is 10.1. The van der Waals surface area contributed by atoms with E-state index in [1.54, 1.807) is 11.3 Å². The van der Waals surface area contributed by atoms with E-state index in [1.165, 1.54) is 4.70 Å². The number of carbonyl (C=O) groups is 1. The minimum atomic E-state index is 0. The molecule has 1 amide bonds. The van der Waals surface area contributed by atoms with Crippen molar-refractivity contribution in [2.75, 3.05) is 13.1 Å². The van der Waals surface area contributed by atoms with Crippen LogP contribution in [-0.2, 0) is 11.2 Å². The Morgan fingerprint density at radius 1 is 1.43 bits per heavy atom. The maximum atomic E-state index is 12.0. The van der Waals surface area contributed by atoms with Gasteiger partial charge in [0, 0.05) is 29.9 Å². The van der Waals surface area contributed by atoms with Crippen LogP contribution in [0.25, 0.3) is 10.2 Å². The van der Waals surface area contributed by atoms with Gasteiger partial charge >= 0.3 is 0 Å². The molecule has 1 saturated heterocycles. The van der Waals surface area contributed by atoms with Crippen LogP contribution < -0.4 is 10.6 Å². The molecule has 0 saturated carbocycles. The first-order valence-electron chi connectivity index (χ1n) is 7.26. The van der Waals surface area contributed by atoms with E-state index < -0.39 is 0 Å². The van der Waals surface area contributed by atoms with Crippen LogP contribution in [0, 0.1) is 0 Å². The maximum Gasteiger partial charge on any atom is 0.220 e. The van der Waals surface area contributed by atoms with Crippen LogP contribution in [0.1, 0.15) is 24.3 Å². The van der Waals surface area contributed by atoms with Crippen molar-refractivity contribution in [3.63, 3.8) is 0 Å². The lowest BCUT2D eigenvalue weighted by Gasteiger charge is -2.23. The van der Waals surface area contributed by atoms with Gasteiger partial charge in [0.25, 0.3) is 0 Å². The summed E-state index contributed by atoms with van der Waals surface area (Å²) in [6, 6.07) is 6.39. The minimum Gasteiger partial charge on any atom is -0.352 e. The SMILES string of the molecule is Cl.Cl.O=C(CCc1nc2cc(Br)ccc2s1)N[C@H]1CCCNC1. The van der Waals surface area contributed by atoms with Crippen molar-refractivity contribution in [2.45, 2.75) is 31.7 Å². The first-order chi connectivity index (χ1) is 10.2. The third kappa shape index (κ3) is 5.87. The number of amides is 1. The van der Waals surface area contributed by atoms with E-state index in [4.69, 9.17) is 0 Å². The Kier molecular flexibility index (Phi) is 8.79. The quantitative estimate of drug-likeness (QED) is 0.761. The van der Waals surface area contributed by atoms with Crippen LogP contribution in [0.5, 0.6) is 0 Å². The zero-order valence-electron chi connectivity index (χ0n) is 12.5. The van der Waals surface area contributed by atoms with Gasteiger partial charge in [-0.2, -0.15) is 0 Å². The lowest BCUT2D eigenvalue weighted by Crippen LogP contribution is -2.45. The molecule has 1 aromatic heterocycles. The molecule has 0 unspecified atom stereocenters. The number of carbonyl (C=O) groups excluding carboxylic acids is 1. The molecule has 0 radical (unpaired) electrons.